The second kappa shape index (κ2) is 7.78. The Morgan fingerprint density at radius 3 is 3.10 bits per heavy atom. The number of hydrogen-bond acceptors (Lipinski definition) is 6. The number of anilines is 1. The van der Waals surface area contributed by atoms with Crippen molar-refractivity contribution >= 4 is 34.5 Å². The van der Waals surface area contributed by atoms with E-state index in [0.29, 0.717) is 29.7 Å². The Hall–Kier alpha value is -2.42. The summed E-state index contributed by atoms with van der Waals surface area (Å²) in [6.45, 7) is 2.74. The van der Waals surface area contributed by atoms with E-state index < -0.39 is 0 Å². The zero-order chi connectivity index (χ0) is 19.8. The third-order valence-corrected chi connectivity index (χ3v) is 6.47. The molecule has 0 radical (unpaired) electrons. The molecule has 150 valence electrons. The van der Waals surface area contributed by atoms with Crippen molar-refractivity contribution in [1.29, 1.82) is 0 Å². The highest BCUT2D eigenvalue weighted by atomic mass is 35.5. The maximum Gasteiger partial charge on any atom is 0.270 e. The third kappa shape index (κ3) is 3.52. The Labute approximate surface area is 177 Å². The van der Waals surface area contributed by atoms with Crippen molar-refractivity contribution in [2.75, 3.05) is 25.0 Å². The standard InChI is InChI=1S/C20H20ClN5O2S/c21-16-4-3-15(29-16)17-18(25-26-8-7-23-20(27)19(17)26)13-5-6-22-11-14(13)24-10-12-2-1-9-28-12/h3-6,11-12,24H,1-2,7-10H2,(H,23,27)/t12-/m1/s1. The fraction of sp³-hybridized carbons (Fsp3) is 0.350. The molecule has 5 rings (SSSR count). The lowest BCUT2D eigenvalue weighted by Gasteiger charge is -2.15. The van der Waals surface area contributed by atoms with E-state index >= 15 is 0 Å². The lowest BCUT2D eigenvalue weighted by atomic mass is 10.0. The van der Waals surface area contributed by atoms with Crippen molar-refractivity contribution in [3.8, 4) is 21.7 Å². The monoisotopic (exact) mass is 429 g/mol. The third-order valence-electron chi connectivity index (χ3n) is 5.22. The van der Waals surface area contributed by atoms with Gasteiger partial charge in [0.2, 0.25) is 0 Å². The molecule has 2 aliphatic heterocycles. The van der Waals surface area contributed by atoms with Gasteiger partial charge in [0, 0.05) is 36.3 Å². The molecule has 3 aromatic rings. The van der Waals surface area contributed by atoms with Crippen LogP contribution in [0.4, 0.5) is 5.69 Å². The fourth-order valence-electron chi connectivity index (χ4n) is 3.86. The normalized spacial score (nSPS) is 18.5. The number of aromatic nitrogens is 3. The minimum atomic E-state index is -0.113. The molecule has 9 heteroatoms. The predicted octanol–water partition coefficient (Wildman–Crippen LogP) is 3.66. The molecule has 2 N–H and O–H groups in total. The van der Waals surface area contributed by atoms with Gasteiger partial charge in [-0.05, 0) is 31.0 Å². The smallest absolute Gasteiger partial charge is 0.270 e. The summed E-state index contributed by atoms with van der Waals surface area (Å²) in [7, 11) is 0. The van der Waals surface area contributed by atoms with Gasteiger partial charge in [-0.1, -0.05) is 11.6 Å². The molecule has 0 saturated carbocycles. The highest BCUT2D eigenvalue weighted by Gasteiger charge is 2.29. The van der Waals surface area contributed by atoms with Gasteiger partial charge in [0.25, 0.3) is 5.91 Å². The molecule has 2 aliphatic rings. The number of hydrogen-bond donors (Lipinski definition) is 2. The van der Waals surface area contributed by atoms with Crippen LogP contribution in [0.1, 0.15) is 23.3 Å². The van der Waals surface area contributed by atoms with Crippen LogP contribution in [0, 0.1) is 0 Å². The molecule has 29 heavy (non-hydrogen) atoms. The van der Waals surface area contributed by atoms with E-state index in [1.165, 1.54) is 11.3 Å². The van der Waals surface area contributed by atoms with Crippen molar-refractivity contribution in [2.24, 2.45) is 0 Å². The van der Waals surface area contributed by atoms with E-state index in [0.717, 1.165) is 46.8 Å². The summed E-state index contributed by atoms with van der Waals surface area (Å²) in [6.07, 6.45) is 5.91. The Morgan fingerprint density at radius 1 is 1.38 bits per heavy atom. The van der Waals surface area contributed by atoms with Gasteiger partial charge < -0.3 is 15.4 Å². The van der Waals surface area contributed by atoms with E-state index in [1.54, 1.807) is 17.1 Å². The molecule has 0 aliphatic carbocycles. The highest BCUT2D eigenvalue weighted by molar-refractivity contribution is 7.19. The van der Waals surface area contributed by atoms with Crippen LogP contribution in [0.3, 0.4) is 0 Å². The van der Waals surface area contributed by atoms with Gasteiger partial charge >= 0.3 is 0 Å². The molecule has 0 aromatic carbocycles. The Kier molecular flexibility index (Phi) is 4.99. The number of ether oxygens (including phenoxy) is 1. The fourth-order valence-corrected chi connectivity index (χ4v) is 4.95. The average Bonchev–Trinajstić information content (AvgIpc) is 3.46. The summed E-state index contributed by atoms with van der Waals surface area (Å²) in [5, 5.41) is 11.2. The molecule has 1 amide bonds. The topological polar surface area (TPSA) is 81.1 Å². The predicted molar refractivity (Wildman–Crippen MR) is 114 cm³/mol. The van der Waals surface area contributed by atoms with E-state index in [2.05, 4.69) is 15.6 Å². The number of amides is 1. The lowest BCUT2D eigenvalue weighted by molar-refractivity contribution is 0.0925. The Morgan fingerprint density at radius 2 is 2.31 bits per heavy atom. The average molecular weight is 430 g/mol. The number of fused-ring (bicyclic) bond motifs is 1. The number of carbonyl (C=O) groups is 1. The second-order valence-corrected chi connectivity index (χ2v) is 8.81. The van der Waals surface area contributed by atoms with Gasteiger partial charge in [-0.3, -0.25) is 14.5 Å². The van der Waals surface area contributed by atoms with Gasteiger partial charge in [-0.15, -0.1) is 11.3 Å². The molecule has 3 aromatic heterocycles. The van der Waals surface area contributed by atoms with Crippen LogP contribution in [-0.2, 0) is 11.3 Å². The molecule has 7 nitrogen and oxygen atoms in total. The first-order valence-corrected chi connectivity index (χ1v) is 10.8. The second-order valence-electron chi connectivity index (χ2n) is 7.09. The number of thiophene rings is 1. The van der Waals surface area contributed by atoms with Crippen molar-refractivity contribution in [3.05, 3.63) is 40.6 Å². The van der Waals surface area contributed by atoms with Crippen LogP contribution in [0.15, 0.2) is 30.6 Å². The molecule has 1 fully saturated rings. The summed E-state index contributed by atoms with van der Waals surface area (Å²) in [6, 6.07) is 5.72. The molecule has 1 saturated heterocycles. The number of halogens is 1. The van der Waals surface area contributed by atoms with Crippen molar-refractivity contribution in [2.45, 2.75) is 25.5 Å². The van der Waals surface area contributed by atoms with Crippen LogP contribution in [0.25, 0.3) is 21.7 Å². The van der Waals surface area contributed by atoms with Gasteiger partial charge in [0.15, 0.2) is 0 Å². The minimum Gasteiger partial charge on any atom is -0.381 e. The number of rotatable bonds is 5. The van der Waals surface area contributed by atoms with Crippen LogP contribution >= 0.6 is 22.9 Å². The number of nitrogens with one attached hydrogen (secondary N) is 2. The lowest BCUT2D eigenvalue weighted by Crippen LogP contribution is -2.35. The van der Waals surface area contributed by atoms with Crippen molar-refractivity contribution in [3.63, 3.8) is 0 Å². The molecular formula is C20H20ClN5O2S. The maximum atomic E-state index is 12.7. The first kappa shape index (κ1) is 18.6. The van der Waals surface area contributed by atoms with E-state index in [-0.39, 0.29) is 12.0 Å². The van der Waals surface area contributed by atoms with E-state index in [1.807, 2.05) is 18.2 Å². The Balaban J connectivity index is 1.60. The summed E-state index contributed by atoms with van der Waals surface area (Å²) in [4.78, 5) is 17.9. The van der Waals surface area contributed by atoms with Gasteiger partial charge in [-0.2, -0.15) is 5.10 Å². The van der Waals surface area contributed by atoms with Crippen molar-refractivity contribution < 1.29 is 9.53 Å². The summed E-state index contributed by atoms with van der Waals surface area (Å²) < 4.78 is 8.20. The minimum absolute atomic E-state index is 0.113. The molecule has 0 spiro atoms. The Bertz CT molecular complexity index is 1060. The van der Waals surface area contributed by atoms with Crippen LogP contribution in [-0.4, -0.2) is 46.5 Å². The first-order chi connectivity index (χ1) is 14.2. The largest absolute Gasteiger partial charge is 0.381 e. The molecule has 5 heterocycles. The van der Waals surface area contributed by atoms with E-state index in [9.17, 15) is 4.79 Å². The zero-order valence-corrected chi connectivity index (χ0v) is 17.2. The number of pyridine rings is 1. The number of carbonyl (C=O) groups excluding carboxylic acids is 1. The van der Waals surface area contributed by atoms with Gasteiger partial charge in [-0.25, -0.2) is 0 Å². The van der Waals surface area contributed by atoms with Gasteiger partial charge in [0.05, 0.1) is 34.4 Å². The summed E-state index contributed by atoms with van der Waals surface area (Å²) >= 11 is 7.65. The van der Waals surface area contributed by atoms with Crippen LogP contribution in [0.2, 0.25) is 4.34 Å². The quantitative estimate of drug-likeness (QED) is 0.646. The van der Waals surface area contributed by atoms with Crippen molar-refractivity contribution in [1.82, 2.24) is 20.1 Å². The molecule has 0 unspecified atom stereocenters. The first-order valence-electron chi connectivity index (χ1n) is 9.65. The summed E-state index contributed by atoms with van der Waals surface area (Å²) in [5.41, 5.74) is 3.93. The van der Waals surface area contributed by atoms with Crippen LogP contribution in [0.5, 0.6) is 0 Å². The van der Waals surface area contributed by atoms with Crippen LogP contribution < -0.4 is 10.6 Å². The SMILES string of the molecule is O=C1NCCn2nc(-c3ccncc3NC[C@H]3CCCO3)c(-c3ccc(Cl)s3)c21. The molecule has 0 bridgehead atoms. The number of nitrogens with zero attached hydrogens (tertiary/aromatic N) is 3. The molecular weight excluding hydrogens is 410 g/mol. The molecule has 1 atom stereocenters. The van der Waals surface area contributed by atoms with E-state index in [4.69, 9.17) is 21.4 Å². The maximum absolute atomic E-state index is 12.7. The highest BCUT2D eigenvalue weighted by Crippen LogP contribution is 2.42. The van der Waals surface area contributed by atoms with Gasteiger partial charge in [0.1, 0.15) is 11.4 Å². The zero-order valence-electron chi connectivity index (χ0n) is 15.7. The summed E-state index contributed by atoms with van der Waals surface area (Å²) in [5.74, 6) is -0.113.